The van der Waals surface area contributed by atoms with Gasteiger partial charge in [-0.15, -0.1) is 0 Å². The molecule has 0 saturated carbocycles. The van der Waals surface area contributed by atoms with Crippen LogP contribution in [0.15, 0.2) is 36.4 Å². The van der Waals surface area contributed by atoms with Gasteiger partial charge in [0.05, 0.1) is 17.1 Å². The van der Waals surface area contributed by atoms with Crippen LogP contribution < -0.4 is 10.5 Å². The van der Waals surface area contributed by atoms with Crippen molar-refractivity contribution >= 4 is 11.4 Å². The minimum absolute atomic E-state index is 0.0690. The van der Waals surface area contributed by atoms with Crippen molar-refractivity contribution in [3.63, 3.8) is 0 Å². The van der Waals surface area contributed by atoms with Gasteiger partial charge >= 0.3 is 0 Å². The molecule has 0 heterocycles. The maximum absolute atomic E-state index is 13.3. The molecule has 0 aromatic heterocycles. The normalized spacial score (nSPS) is 10.2. The van der Waals surface area contributed by atoms with Crippen LogP contribution in [0.5, 0.6) is 11.5 Å². The van der Waals surface area contributed by atoms with Crippen molar-refractivity contribution in [2.45, 2.75) is 6.92 Å². The molecule has 5 nitrogen and oxygen atoms in total. The number of nitrogens with zero attached hydrogens (tertiary/aromatic N) is 1. The molecule has 2 aromatic rings. The van der Waals surface area contributed by atoms with E-state index in [0.717, 1.165) is 17.7 Å². The number of non-ortho nitro benzene ring substituents is 1. The molecule has 0 aliphatic heterocycles. The largest absolute Gasteiger partial charge is 0.457 e. The monoisotopic (exact) mass is 262 g/mol. The summed E-state index contributed by atoms with van der Waals surface area (Å²) in [6.07, 6.45) is 0. The second kappa shape index (κ2) is 4.93. The zero-order valence-electron chi connectivity index (χ0n) is 10.1. The number of anilines is 1. The maximum atomic E-state index is 13.3. The van der Waals surface area contributed by atoms with Crippen LogP contribution in [0, 0.1) is 22.9 Å². The Labute approximate surface area is 108 Å². The molecular weight excluding hydrogens is 251 g/mol. The summed E-state index contributed by atoms with van der Waals surface area (Å²) in [5, 5.41) is 10.6. The number of halogens is 1. The van der Waals surface area contributed by atoms with E-state index < -0.39 is 10.7 Å². The van der Waals surface area contributed by atoms with Crippen molar-refractivity contribution in [1.82, 2.24) is 0 Å². The highest BCUT2D eigenvalue weighted by atomic mass is 19.1. The second-order valence-electron chi connectivity index (χ2n) is 4.03. The van der Waals surface area contributed by atoms with Crippen molar-refractivity contribution in [3.8, 4) is 11.5 Å². The summed E-state index contributed by atoms with van der Waals surface area (Å²) >= 11 is 0. The third-order valence-corrected chi connectivity index (χ3v) is 2.49. The van der Waals surface area contributed by atoms with Gasteiger partial charge in [-0.2, -0.15) is 0 Å². The van der Waals surface area contributed by atoms with E-state index in [4.69, 9.17) is 10.5 Å². The van der Waals surface area contributed by atoms with Crippen LogP contribution in [0.4, 0.5) is 15.8 Å². The average molecular weight is 262 g/mol. The van der Waals surface area contributed by atoms with Crippen molar-refractivity contribution in [2.24, 2.45) is 0 Å². The molecule has 2 N–H and O–H groups in total. The van der Waals surface area contributed by atoms with E-state index in [0.29, 0.717) is 11.4 Å². The number of ether oxygens (including phenoxy) is 1. The van der Waals surface area contributed by atoms with E-state index in [1.54, 1.807) is 25.1 Å². The Morgan fingerprint density at radius 2 is 2.00 bits per heavy atom. The van der Waals surface area contributed by atoms with E-state index in [1.807, 2.05) is 0 Å². The molecular formula is C13H11FN2O3. The van der Waals surface area contributed by atoms with Crippen LogP contribution in [-0.2, 0) is 0 Å². The van der Waals surface area contributed by atoms with Crippen LogP contribution in [0.1, 0.15) is 5.56 Å². The number of hydrogen-bond donors (Lipinski definition) is 1. The van der Waals surface area contributed by atoms with E-state index in [1.165, 1.54) is 6.07 Å². The highest BCUT2D eigenvalue weighted by Crippen LogP contribution is 2.29. The van der Waals surface area contributed by atoms with Crippen LogP contribution in [-0.4, -0.2) is 4.92 Å². The van der Waals surface area contributed by atoms with Gasteiger partial charge in [0.15, 0.2) is 0 Å². The minimum Gasteiger partial charge on any atom is -0.457 e. The molecule has 0 aliphatic rings. The lowest BCUT2D eigenvalue weighted by Crippen LogP contribution is -1.93. The Morgan fingerprint density at radius 3 is 2.63 bits per heavy atom. The molecule has 19 heavy (non-hydrogen) atoms. The number of rotatable bonds is 3. The summed E-state index contributed by atoms with van der Waals surface area (Å²) in [5.74, 6) is -0.189. The summed E-state index contributed by atoms with van der Waals surface area (Å²) in [7, 11) is 0. The number of nitrogens with two attached hydrogens (primary N) is 1. The summed E-state index contributed by atoms with van der Waals surface area (Å²) < 4.78 is 18.7. The van der Waals surface area contributed by atoms with Gasteiger partial charge < -0.3 is 10.5 Å². The Bertz CT molecular complexity index is 644. The second-order valence-corrected chi connectivity index (χ2v) is 4.03. The molecule has 0 unspecified atom stereocenters. The maximum Gasteiger partial charge on any atom is 0.276 e. The summed E-state index contributed by atoms with van der Waals surface area (Å²) in [5.41, 5.74) is 6.58. The van der Waals surface area contributed by atoms with E-state index >= 15 is 0 Å². The van der Waals surface area contributed by atoms with E-state index in [9.17, 15) is 14.5 Å². The third-order valence-electron chi connectivity index (χ3n) is 2.49. The molecule has 0 aliphatic carbocycles. The fraction of sp³-hybridized carbons (Fsp3) is 0.0769. The van der Waals surface area contributed by atoms with Crippen molar-refractivity contribution in [1.29, 1.82) is 0 Å². The molecule has 0 spiro atoms. The molecule has 0 radical (unpaired) electrons. The van der Waals surface area contributed by atoms with Gasteiger partial charge in [-0.05, 0) is 30.7 Å². The van der Waals surface area contributed by atoms with E-state index in [-0.39, 0.29) is 11.4 Å². The number of aryl methyl sites for hydroxylation is 1. The Kier molecular flexibility index (Phi) is 3.33. The number of nitro groups is 1. The predicted octanol–water partition coefficient (Wildman–Crippen LogP) is 3.42. The fourth-order valence-corrected chi connectivity index (χ4v) is 1.63. The standard InChI is InChI=1S/C13H11FN2O3/c1-8-4-10(15)2-3-13(8)19-12-6-9(14)5-11(7-12)16(17)18/h2-7H,15H2,1H3. The number of hydrogen-bond acceptors (Lipinski definition) is 4. The lowest BCUT2D eigenvalue weighted by Gasteiger charge is -2.09. The number of benzene rings is 2. The molecule has 0 saturated heterocycles. The molecule has 2 rings (SSSR count). The summed E-state index contributed by atoms with van der Waals surface area (Å²) in [4.78, 5) is 9.96. The lowest BCUT2D eigenvalue weighted by atomic mass is 10.2. The van der Waals surface area contributed by atoms with Gasteiger partial charge in [-0.1, -0.05) is 0 Å². The fourth-order valence-electron chi connectivity index (χ4n) is 1.63. The number of nitro benzene ring substituents is 1. The van der Waals surface area contributed by atoms with Crippen LogP contribution >= 0.6 is 0 Å². The molecule has 2 aromatic carbocycles. The number of nitrogen functional groups attached to an aromatic ring is 1. The van der Waals surface area contributed by atoms with Gasteiger partial charge in [0.25, 0.3) is 5.69 Å². The first-order valence-corrected chi connectivity index (χ1v) is 5.44. The molecule has 0 bridgehead atoms. The SMILES string of the molecule is Cc1cc(N)ccc1Oc1cc(F)cc([N+](=O)[O-])c1. The Balaban J connectivity index is 2.35. The summed E-state index contributed by atoms with van der Waals surface area (Å²) in [6, 6.07) is 8.05. The van der Waals surface area contributed by atoms with Crippen LogP contribution in [0.25, 0.3) is 0 Å². The van der Waals surface area contributed by atoms with Gasteiger partial charge in [-0.3, -0.25) is 10.1 Å². The lowest BCUT2D eigenvalue weighted by molar-refractivity contribution is -0.385. The van der Waals surface area contributed by atoms with Crippen molar-refractivity contribution in [3.05, 3.63) is 57.9 Å². The smallest absolute Gasteiger partial charge is 0.276 e. The quantitative estimate of drug-likeness (QED) is 0.522. The minimum atomic E-state index is -0.725. The molecule has 0 atom stereocenters. The van der Waals surface area contributed by atoms with Crippen LogP contribution in [0.3, 0.4) is 0 Å². The molecule has 0 amide bonds. The highest BCUT2D eigenvalue weighted by Gasteiger charge is 2.12. The van der Waals surface area contributed by atoms with E-state index in [2.05, 4.69) is 0 Å². The molecule has 98 valence electrons. The topological polar surface area (TPSA) is 78.4 Å². The van der Waals surface area contributed by atoms with Gasteiger partial charge in [0.2, 0.25) is 0 Å². The zero-order valence-corrected chi connectivity index (χ0v) is 10.1. The van der Waals surface area contributed by atoms with Crippen molar-refractivity contribution < 1.29 is 14.1 Å². The predicted molar refractivity (Wildman–Crippen MR) is 68.7 cm³/mol. The first kappa shape index (κ1) is 12.8. The van der Waals surface area contributed by atoms with Gasteiger partial charge in [-0.25, -0.2) is 4.39 Å². The Morgan fingerprint density at radius 1 is 1.26 bits per heavy atom. The molecule has 6 heteroatoms. The Hall–Kier alpha value is -2.63. The van der Waals surface area contributed by atoms with Gasteiger partial charge in [0, 0.05) is 11.8 Å². The van der Waals surface area contributed by atoms with Crippen LogP contribution in [0.2, 0.25) is 0 Å². The first-order valence-electron chi connectivity index (χ1n) is 5.44. The summed E-state index contributed by atoms with van der Waals surface area (Å²) in [6.45, 7) is 1.78. The van der Waals surface area contributed by atoms with Crippen molar-refractivity contribution in [2.75, 3.05) is 5.73 Å². The first-order chi connectivity index (χ1) is 8.95. The average Bonchev–Trinajstić information content (AvgIpc) is 2.32. The third kappa shape index (κ3) is 2.98. The zero-order chi connectivity index (χ0) is 14.0. The van der Waals surface area contributed by atoms with Gasteiger partial charge in [0.1, 0.15) is 17.3 Å². The highest BCUT2D eigenvalue weighted by molar-refractivity contribution is 5.49. The molecule has 0 fully saturated rings.